The number of carbonyl (C=O) groups is 1. The lowest BCUT2D eigenvalue weighted by atomic mass is 10.0. The summed E-state index contributed by atoms with van der Waals surface area (Å²) in [5.74, 6) is -2.05. The lowest BCUT2D eigenvalue weighted by molar-refractivity contribution is -0.118. The van der Waals surface area contributed by atoms with Crippen LogP contribution in [0.2, 0.25) is 0 Å². The van der Waals surface area contributed by atoms with Gasteiger partial charge in [0.05, 0.1) is 12.2 Å². The molecule has 9 heteroatoms. The van der Waals surface area contributed by atoms with E-state index < -0.39 is 34.1 Å². The summed E-state index contributed by atoms with van der Waals surface area (Å²) in [4.78, 5) is 13.8. The maximum Gasteiger partial charge on any atom is 0.252 e. The number of carbonyl (C=O) groups excluding carboxylic acids is 1. The fourth-order valence-corrected chi connectivity index (χ4v) is 5.15. The van der Waals surface area contributed by atoms with Crippen molar-refractivity contribution in [2.45, 2.75) is 17.1 Å². The molecule has 0 N–H and O–H groups in total. The van der Waals surface area contributed by atoms with Crippen molar-refractivity contribution in [3.63, 3.8) is 0 Å². The highest BCUT2D eigenvalue weighted by Crippen LogP contribution is 2.31. The zero-order valence-corrected chi connectivity index (χ0v) is 15.0. The number of hydrogen-bond donors (Lipinski definition) is 0. The van der Waals surface area contributed by atoms with Crippen LogP contribution < -0.4 is 4.90 Å². The molecule has 2 heterocycles. The van der Waals surface area contributed by atoms with Crippen LogP contribution in [0.1, 0.15) is 12.0 Å². The summed E-state index contributed by atoms with van der Waals surface area (Å²) in [6, 6.07) is 5.01. The molecule has 0 unspecified atom stereocenters. The molecule has 1 aliphatic heterocycles. The van der Waals surface area contributed by atoms with Crippen molar-refractivity contribution in [3.05, 3.63) is 46.8 Å². The number of likely N-dealkylation sites (N-methyl/N-ethyl adjacent to an activating group) is 1. The number of aryl methyl sites for hydroxylation is 1. The minimum Gasteiger partial charge on any atom is -0.308 e. The molecule has 0 atom stereocenters. The van der Waals surface area contributed by atoms with Crippen molar-refractivity contribution in [3.8, 4) is 0 Å². The SMILES string of the molecule is CN(CC(=O)N1CCCc2cc(F)cc(F)c21)S(=O)(=O)c1cccs1. The standard InChI is InChI=1S/C16H16F2N2O3S2/c1-19(25(22,23)15-5-3-7-24-15)10-14(21)20-6-2-4-11-8-12(17)9-13(18)16(11)20/h3,5,7-9H,2,4,6,10H2,1H3. The van der Waals surface area contributed by atoms with E-state index in [1.165, 1.54) is 24.1 Å². The van der Waals surface area contributed by atoms with Gasteiger partial charge in [-0.05, 0) is 35.9 Å². The predicted octanol–water partition coefficient (Wildman–Crippen LogP) is 2.63. The predicted molar refractivity (Wildman–Crippen MR) is 91.2 cm³/mol. The first-order chi connectivity index (χ1) is 11.8. The van der Waals surface area contributed by atoms with E-state index in [1.54, 1.807) is 11.4 Å². The van der Waals surface area contributed by atoms with E-state index in [-0.39, 0.29) is 16.4 Å². The Bertz CT molecular complexity index is 898. The maximum absolute atomic E-state index is 14.2. The topological polar surface area (TPSA) is 57.7 Å². The molecule has 0 bridgehead atoms. The molecule has 0 saturated carbocycles. The summed E-state index contributed by atoms with van der Waals surface area (Å²) in [7, 11) is -2.47. The van der Waals surface area contributed by atoms with E-state index in [1.807, 2.05) is 0 Å². The number of amides is 1. The van der Waals surface area contributed by atoms with E-state index in [2.05, 4.69) is 0 Å². The first-order valence-corrected chi connectivity index (χ1v) is 9.91. The lowest BCUT2D eigenvalue weighted by Crippen LogP contribution is -2.43. The highest BCUT2D eigenvalue weighted by atomic mass is 32.2. The van der Waals surface area contributed by atoms with Crippen LogP contribution in [0.4, 0.5) is 14.5 Å². The molecule has 1 aromatic heterocycles. The van der Waals surface area contributed by atoms with Crippen LogP contribution in [0.5, 0.6) is 0 Å². The van der Waals surface area contributed by atoms with Gasteiger partial charge in [-0.1, -0.05) is 6.07 Å². The normalized spacial score (nSPS) is 14.6. The summed E-state index contributed by atoms with van der Waals surface area (Å²) in [6.07, 6.45) is 1.03. The van der Waals surface area contributed by atoms with E-state index >= 15 is 0 Å². The molecule has 5 nitrogen and oxygen atoms in total. The second kappa shape index (κ2) is 6.81. The summed E-state index contributed by atoms with van der Waals surface area (Å²) in [5.41, 5.74) is 0.459. The summed E-state index contributed by atoms with van der Waals surface area (Å²) < 4.78 is 53.4. The molecule has 0 spiro atoms. The Hall–Kier alpha value is -1.84. The number of sulfonamides is 1. The van der Waals surface area contributed by atoms with Gasteiger partial charge in [0.1, 0.15) is 15.8 Å². The Labute approximate surface area is 148 Å². The van der Waals surface area contributed by atoms with E-state index in [0.29, 0.717) is 18.4 Å². The molecule has 3 rings (SSSR count). The Kier molecular flexibility index (Phi) is 4.90. The third kappa shape index (κ3) is 3.44. The summed E-state index contributed by atoms with van der Waals surface area (Å²) >= 11 is 1.06. The van der Waals surface area contributed by atoms with Gasteiger partial charge in [0.2, 0.25) is 5.91 Å². The van der Waals surface area contributed by atoms with Crippen LogP contribution in [-0.4, -0.2) is 38.8 Å². The molecule has 1 aliphatic rings. The maximum atomic E-state index is 14.2. The Morgan fingerprint density at radius 3 is 2.80 bits per heavy atom. The number of rotatable bonds is 4. The molecule has 25 heavy (non-hydrogen) atoms. The van der Waals surface area contributed by atoms with Gasteiger partial charge in [-0.3, -0.25) is 4.79 Å². The third-order valence-corrected chi connectivity index (χ3v) is 7.20. The molecule has 134 valence electrons. The smallest absolute Gasteiger partial charge is 0.252 e. The molecular formula is C16H16F2N2O3S2. The quantitative estimate of drug-likeness (QED) is 0.812. The summed E-state index contributed by atoms with van der Waals surface area (Å²) in [5, 5.41) is 1.63. The molecule has 0 saturated heterocycles. The minimum absolute atomic E-state index is 0.0413. The first kappa shape index (κ1) is 18.0. The van der Waals surface area contributed by atoms with Gasteiger partial charge < -0.3 is 4.90 Å². The van der Waals surface area contributed by atoms with Gasteiger partial charge in [-0.2, -0.15) is 4.31 Å². The van der Waals surface area contributed by atoms with Crippen molar-refractivity contribution in [1.82, 2.24) is 4.31 Å². The fraction of sp³-hybridized carbons (Fsp3) is 0.312. The van der Waals surface area contributed by atoms with E-state index in [4.69, 9.17) is 0 Å². The monoisotopic (exact) mass is 386 g/mol. The van der Waals surface area contributed by atoms with Crippen LogP contribution in [-0.2, 0) is 21.2 Å². The van der Waals surface area contributed by atoms with Crippen molar-refractivity contribution in [2.75, 3.05) is 25.0 Å². The van der Waals surface area contributed by atoms with Crippen LogP contribution in [0.25, 0.3) is 0 Å². The number of fused-ring (bicyclic) bond motifs is 1. The molecule has 0 radical (unpaired) electrons. The highest BCUT2D eigenvalue weighted by Gasteiger charge is 2.30. The zero-order chi connectivity index (χ0) is 18.2. The van der Waals surface area contributed by atoms with Gasteiger partial charge in [0, 0.05) is 19.7 Å². The number of hydrogen-bond acceptors (Lipinski definition) is 4. The van der Waals surface area contributed by atoms with Gasteiger partial charge in [0.15, 0.2) is 0 Å². The first-order valence-electron chi connectivity index (χ1n) is 7.59. The van der Waals surface area contributed by atoms with E-state index in [0.717, 1.165) is 21.7 Å². The second-order valence-electron chi connectivity index (χ2n) is 5.74. The van der Waals surface area contributed by atoms with E-state index in [9.17, 15) is 22.0 Å². The molecule has 1 aromatic carbocycles. The molecule has 0 aliphatic carbocycles. The average molecular weight is 386 g/mol. The van der Waals surface area contributed by atoms with Gasteiger partial charge >= 0.3 is 0 Å². The summed E-state index contributed by atoms with van der Waals surface area (Å²) in [6.45, 7) is -0.155. The Balaban J connectivity index is 1.84. The Morgan fingerprint density at radius 2 is 2.12 bits per heavy atom. The molecule has 0 fully saturated rings. The zero-order valence-electron chi connectivity index (χ0n) is 13.4. The molecule has 1 amide bonds. The second-order valence-corrected chi connectivity index (χ2v) is 8.96. The lowest BCUT2D eigenvalue weighted by Gasteiger charge is -2.31. The van der Waals surface area contributed by atoms with Crippen molar-refractivity contribution in [1.29, 1.82) is 0 Å². The molecular weight excluding hydrogens is 370 g/mol. The number of benzene rings is 1. The van der Waals surface area contributed by atoms with Gasteiger partial charge in [-0.25, -0.2) is 17.2 Å². The number of anilines is 1. The van der Waals surface area contributed by atoms with Crippen LogP contribution in [0.3, 0.4) is 0 Å². The van der Waals surface area contributed by atoms with Gasteiger partial charge in [-0.15, -0.1) is 11.3 Å². The van der Waals surface area contributed by atoms with Crippen molar-refractivity contribution >= 4 is 33.0 Å². The number of nitrogens with zero attached hydrogens (tertiary/aromatic N) is 2. The van der Waals surface area contributed by atoms with Gasteiger partial charge in [0.25, 0.3) is 10.0 Å². The number of thiophene rings is 1. The van der Waals surface area contributed by atoms with Crippen LogP contribution in [0, 0.1) is 11.6 Å². The average Bonchev–Trinajstić information content (AvgIpc) is 3.09. The fourth-order valence-electron chi connectivity index (χ4n) is 2.83. The van der Waals surface area contributed by atoms with Crippen molar-refractivity contribution in [2.24, 2.45) is 0 Å². The Morgan fingerprint density at radius 1 is 1.36 bits per heavy atom. The van der Waals surface area contributed by atoms with Crippen molar-refractivity contribution < 1.29 is 22.0 Å². The number of halogens is 2. The largest absolute Gasteiger partial charge is 0.308 e. The van der Waals surface area contributed by atoms with Crippen LogP contribution in [0.15, 0.2) is 33.9 Å². The molecule has 2 aromatic rings. The van der Waals surface area contributed by atoms with Crippen LogP contribution >= 0.6 is 11.3 Å². The third-order valence-electron chi connectivity index (χ3n) is 4.02. The highest BCUT2D eigenvalue weighted by molar-refractivity contribution is 7.91. The minimum atomic E-state index is -3.77.